The third kappa shape index (κ3) is 5.38. The van der Waals surface area contributed by atoms with Crippen LogP contribution in [0.2, 0.25) is 0 Å². The highest BCUT2D eigenvalue weighted by molar-refractivity contribution is 5.36. The van der Waals surface area contributed by atoms with Crippen LogP contribution >= 0.6 is 0 Å². The van der Waals surface area contributed by atoms with Gasteiger partial charge in [0.25, 0.3) is 0 Å². The molecule has 124 valence electrons. The second kappa shape index (κ2) is 8.70. The Morgan fingerprint density at radius 3 is 2.30 bits per heavy atom. The van der Waals surface area contributed by atoms with Crippen LogP contribution in [0.4, 0.5) is 0 Å². The van der Waals surface area contributed by atoms with Gasteiger partial charge in [0.05, 0.1) is 12.1 Å². The van der Waals surface area contributed by atoms with Crippen molar-refractivity contribution in [3.8, 4) is 5.75 Å². The summed E-state index contributed by atoms with van der Waals surface area (Å²) in [4.78, 5) is 0. The fourth-order valence-corrected chi connectivity index (χ4v) is 2.51. The molecular weight excluding hydrogens is 286 g/mol. The van der Waals surface area contributed by atoms with E-state index in [2.05, 4.69) is 13.8 Å². The molecule has 0 saturated carbocycles. The molecule has 0 radical (unpaired) electrons. The molecule has 2 atom stereocenters. The van der Waals surface area contributed by atoms with Crippen molar-refractivity contribution in [3.05, 3.63) is 65.7 Å². The Balaban J connectivity index is 2.04. The zero-order chi connectivity index (χ0) is 16.7. The topological polar surface area (TPSA) is 55.5 Å². The van der Waals surface area contributed by atoms with E-state index in [9.17, 15) is 5.11 Å². The van der Waals surface area contributed by atoms with Crippen LogP contribution in [-0.2, 0) is 6.61 Å². The average Bonchev–Trinajstić information content (AvgIpc) is 2.58. The highest BCUT2D eigenvalue weighted by Crippen LogP contribution is 2.28. The summed E-state index contributed by atoms with van der Waals surface area (Å²) in [5.41, 5.74) is 8.23. The van der Waals surface area contributed by atoms with Crippen molar-refractivity contribution < 1.29 is 9.84 Å². The number of hydrogen-bond acceptors (Lipinski definition) is 3. The molecule has 23 heavy (non-hydrogen) atoms. The predicted octanol–water partition coefficient (Wildman–Crippen LogP) is 4.06. The maximum Gasteiger partial charge on any atom is 0.124 e. The molecule has 0 bridgehead atoms. The van der Waals surface area contributed by atoms with Crippen LogP contribution in [0.5, 0.6) is 5.75 Å². The minimum Gasteiger partial charge on any atom is -0.489 e. The van der Waals surface area contributed by atoms with Crippen LogP contribution < -0.4 is 10.5 Å². The van der Waals surface area contributed by atoms with E-state index in [1.807, 2.05) is 54.6 Å². The van der Waals surface area contributed by atoms with Crippen molar-refractivity contribution in [1.29, 1.82) is 0 Å². The summed E-state index contributed by atoms with van der Waals surface area (Å²) in [6.07, 6.45) is 1.10. The molecule has 0 heterocycles. The first-order chi connectivity index (χ1) is 11.1. The second-order valence-corrected chi connectivity index (χ2v) is 6.38. The Morgan fingerprint density at radius 2 is 1.61 bits per heavy atom. The molecule has 2 rings (SSSR count). The summed E-state index contributed by atoms with van der Waals surface area (Å²) >= 11 is 0. The minimum atomic E-state index is -0.557. The Labute approximate surface area is 139 Å². The van der Waals surface area contributed by atoms with Gasteiger partial charge in [-0.3, -0.25) is 0 Å². The van der Waals surface area contributed by atoms with Crippen molar-refractivity contribution in [2.75, 3.05) is 0 Å². The van der Waals surface area contributed by atoms with Gasteiger partial charge in [-0.25, -0.2) is 0 Å². The maximum atomic E-state index is 10.3. The first-order valence-electron chi connectivity index (χ1n) is 8.27. The monoisotopic (exact) mass is 313 g/mol. The number of para-hydroxylation sites is 1. The molecule has 0 aliphatic heterocycles. The zero-order valence-corrected chi connectivity index (χ0v) is 14.0. The Bertz CT molecular complexity index is 583. The molecule has 0 fully saturated rings. The van der Waals surface area contributed by atoms with Crippen LogP contribution in [0.25, 0.3) is 0 Å². The number of aliphatic hydroxyl groups excluding tert-OH is 1. The zero-order valence-electron chi connectivity index (χ0n) is 14.0. The van der Waals surface area contributed by atoms with Crippen molar-refractivity contribution in [1.82, 2.24) is 0 Å². The van der Waals surface area contributed by atoms with Crippen molar-refractivity contribution in [2.24, 2.45) is 11.7 Å². The highest BCUT2D eigenvalue weighted by atomic mass is 16.5. The maximum absolute atomic E-state index is 10.3. The lowest BCUT2D eigenvalue weighted by atomic mass is 9.95. The second-order valence-electron chi connectivity index (χ2n) is 6.38. The first-order valence-corrected chi connectivity index (χ1v) is 8.27. The van der Waals surface area contributed by atoms with E-state index in [1.54, 1.807) is 0 Å². The van der Waals surface area contributed by atoms with E-state index in [-0.39, 0.29) is 0 Å². The normalized spacial score (nSPS) is 13.8. The summed E-state index contributed by atoms with van der Waals surface area (Å²) in [6.45, 7) is 4.79. The van der Waals surface area contributed by atoms with Gasteiger partial charge in [-0.1, -0.05) is 62.4 Å². The number of hydrogen-bond donors (Lipinski definition) is 2. The fraction of sp³-hybridized carbons (Fsp3) is 0.400. The smallest absolute Gasteiger partial charge is 0.124 e. The molecule has 0 unspecified atom stereocenters. The van der Waals surface area contributed by atoms with E-state index in [0.29, 0.717) is 18.9 Å². The number of aliphatic hydroxyl groups is 1. The molecule has 2 aromatic carbocycles. The molecule has 0 saturated heterocycles. The van der Waals surface area contributed by atoms with Gasteiger partial charge in [0.1, 0.15) is 12.4 Å². The predicted molar refractivity (Wildman–Crippen MR) is 94.2 cm³/mol. The molecule has 0 aliphatic carbocycles. The SMILES string of the molecule is CC(C)CC[C@H](O)[C@H](N)c1ccccc1OCc1ccccc1. The largest absolute Gasteiger partial charge is 0.489 e. The Hall–Kier alpha value is -1.84. The molecule has 2 aromatic rings. The van der Waals surface area contributed by atoms with E-state index >= 15 is 0 Å². The Kier molecular flexibility index (Phi) is 6.63. The lowest BCUT2D eigenvalue weighted by molar-refractivity contribution is 0.126. The molecule has 3 heteroatoms. The lowest BCUT2D eigenvalue weighted by Crippen LogP contribution is -2.27. The molecule has 0 amide bonds. The first kappa shape index (κ1) is 17.5. The Morgan fingerprint density at radius 1 is 0.957 bits per heavy atom. The summed E-state index contributed by atoms with van der Waals surface area (Å²) < 4.78 is 5.93. The molecule has 0 aromatic heterocycles. The molecular formula is C20H27NO2. The van der Waals surface area contributed by atoms with Crippen molar-refractivity contribution >= 4 is 0 Å². The average molecular weight is 313 g/mol. The van der Waals surface area contributed by atoms with Crippen LogP contribution in [0.3, 0.4) is 0 Å². The molecule has 3 nitrogen and oxygen atoms in total. The van der Waals surface area contributed by atoms with E-state index in [4.69, 9.17) is 10.5 Å². The quantitative estimate of drug-likeness (QED) is 0.772. The van der Waals surface area contributed by atoms with Gasteiger partial charge < -0.3 is 15.6 Å². The van der Waals surface area contributed by atoms with Gasteiger partial charge in [0.2, 0.25) is 0 Å². The van der Waals surface area contributed by atoms with Crippen LogP contribution in [-0.4, -0.2) is 11.2 Å². The van der Waals surface area contributed by atoms with Crippen LogP contribution in [0.15, 0.2) is 54.6 Å². The summed E-state index contributed by atoms with van der Waals surface area (Å²) in [7, 11) is 0. The molecule has 0 spiro atoms. The van der Waals surface area contributed by atoms with Gasteiger partial charge in [0.15, 0.2) is 0 Å². The van der Waals surface area contributed by atoms with Crippen molar-refractivity contribution in [2.45, 2.75) is 45.4 Å². The molecule has 0 aliphatic rings. The third-order valence-corrected chi connectivity index (χ3v) is 3.97. The molecule has 3 N–H and O–H groups in total. The third-order valence-electron chi connectivity index (χ3n) is 3.97. The number of nitrogens with two attached hydrogens (primary N) is 1. The highest BCUT2D eigenvalue weighted by Gasteiger charge is 2.20. The lowest BCUT2D eigenvalue weighted by Gasteiger charge is -2.22. The number of benzene rings is 2. The van der Waals surface area contributed by atoms with Gasteiger partial charge >= 0.3 is 0 Å². The van der Waals surface area contributed by atoms with Gasteiger partial charge in [-0.15, -0.1) is 0 Å². The van der Waals surface area contributed by atoms with Crippen LogP contribution in [0.1, 0.15) is 43.9 Å². The van der Waals surface area contributed by atoms with Gasteiger partial charge in [-0.05, 0) is 30.4 Å². The number of ether oxygens (including phenoxy) is 1. The summed E-state index contributed by atoms with van der Waals surface area (Å²) in [5, 5.41) is 10.3. The van der Waals surface area contributed by atoms with E-state index in [1.165, 1.54) is 0 Å². The van der Waals surface area contributed by atoms with Gasteiger partial charge in [0, 0.05) is 5.56 Å². The number of rotatable bonds is 8. The fourth-order valence-electron chi connectivity index (χ4n) is 2.51. The van der Waals surface area contributed by atoms with E-state index in [0.717, 1.165) is 23.3 Å². The summed E-state index contributed by atoms with van der Waals surface area (Å²) in [5.74, 6) is 1.30. The van der Waals surface area contributed by atoms with Crippen molar-refractivity contribution in [3.63, 3.8) is 0 Å². The van der Waals surface area contributed by atoms with E-state index < -0.39 is 12.1 Å². The standard InChI is InChI=1S/C20H27NO2/c1-15(2)12-13-18(22)20(21)17-10-6-7-11-19(17)23-14-16-8-4-3-5-9-16/h3-11,15,18,20,22H,12-14,21H2,1-2H3/t18-,20+/m0/s1. The summed E-state index contributed by atoms with van der Waals surface area (Å²) in [6, 6.07) is 17.3. The van der Waals surface area contributed by atoms with Crippen LogP contribution in [0, 0.1) is 5.92 Å². The van der Waals surface area contributed by atoms with Gasteiger partial charge in [-0.2, -0.15) is 0 Å². The minimum absolute atomic E-state index is 0.430.